The van der Waals surface area contributed by atoms with Crippen LogP contribution in [0.4, 0.5) is 0 Å². The molecule has 10 heavy (non-hydrogen) atoms. The zero-order valence-corrected chi connectivity index (χ0v) is 5.75. The number of benzene rings is 1. The van der Waals surface area contributed by atoms with Crippen molar-refractivity contribution in [1.82, 2.24) is 0 Å². The summed E-state index contributed by atoms with van der Waals surface area (Å²) in [5, 5.41) is 0. The summed E-state index contributed by atoms with van der Waals surface area (Å²) >= 11 is 0. The first-order valence-electron chi connectivity index (χ1n) is 3.21. The highest BCUT2D eigenvalue weighted by molar-refractivity contribution is 5.62. The van der Waals surface area contributed by atoms with E-state index in [1.807, 2.05) is 30.3 Å². The summed E-state index contributed by atoms with van der Waals surface area (Å²) in [6, 6.07) is 9.73. The van der Waals surface area contributed by atoms with Gasteiger partial charge in [-0.25, -0.2) is 0 Å². The molecule has 0 amide bonds. The van der Waals surface area contributed by atoms with E-state index in [9.17, 15) is 0 Å². The normalized spacial score (nSPS) is 9.30. The lowest BCUT2D eigenvalue weighted by Gasteiger charge is -1.99. The van der Waals surface area contributed by atoms with Crippen LogP contribution in [0.5, 0.6) is 0 Å². The van der Waals surface area contributed by atoms with Crippen molar-refractivity contribution < 1.29 is 0 Å². The van der Waals surface area contributed by atoms with Gasteiger partial charge in [0, 0.05) is 6.54 Å². The zero-order chi connectivity index (χ0) is 7.40. The molecule has 0 aromatic heterocycles. The lowest BCUT2D eigenvalue weighted by molar-refractivity contribution is 1.27. The standard InChI is InChI=1S/C9H10N/c1-8(7-10)9-5-3-2-4-6-9/h1-6H,7,10H2. The van der Waals surface area contributed by atoms with Gasteiger partial charge in [-0.2, -0.15) is 0 Å². The molecule has 0 fully saturated rings. The van der Waals surface area contributed by atoms with E-state index >= 15 is 0 Å². The van der Waals surface area contributed by atoms with Crippen LogP contribution >= 0.6 is 0 Å². The number of hydrogen-bond acceptors (Lipinski definition) is 1. The molecule has 1 radical (unpaired) electrons. The molecule has 51 valence electrons. The van der Waals surface area contributed by atoms with Gasteiger partial charge in [-0.3, -0.25) is 0 Å². The summed E-state index contributed by atoms with van der Waals surface area (Å²) in [7, 11) is 0. The molecule has 1 heteroatoms. The maximum Gasteiger partial charge on any atom is 0.0184 e. The summed E-state index contributed by atoms with van der Waals surface area (Å²) < 4.78 is 0. The molecule has 1 rings (SSSR count). The first kappa shape index (κ1) is 7.03. The van der Waals surface area contributed by atoms with Crippen LogP contribution < -0.4 is 5.73 Å². The van der Waals surface area contributed by atoms with Crippen LogP contribution in [0.2, 0.25) is 0 Å². The maximum absolute atomic E-state index is 5.59. The third-order valence-electron chi connectivity index (χ3n) is 1.36. The van der Waals surface area contributed by atoms with E-state index < -0.39 is 0 Å². The van der Waals surface area contributed by atoms with E-state index in [1.165, 1.54) is 0 Å². The second-order valence-electron chi connectivity index (χ2n) is 2.10. The Morgan fingerprint density at radius 3 is 2.40 bits per heavy atom. The third kappa shape index (κ3) is 1.45. The zero-order valence-electron chi connectivity index (χ0n) is 5.75. The molecule has 1 aromatic carbocycles. The van der Waals surface area contributed by atoms with E-state index in [1.54, 1.807) is 0 Å². The predicted molar refractivity (Wildman–Crippen MR) is 43.2 cm³/mol. The van der Waals surface area contributed by atoms with Crippen molar-refractivity contribution >= 4 is 5.57 Å². The Bertz CT molecular complexity index is 213. The molecule has 1 nitrogen and oxygen atoms in total. The molecule has 0 saturated carbocycles. The van der Waals surface area contributed by atoms with E-state index in [4.69, 9.17) is 12.3 Å². The molecule has 2 N–H and O–H groups in total. The Morgan fingerprint density at radius 1 is 1.30 bits per heavy atom. The highest BCUT2D eigenvalue weighted by atomic mass is 14.5. The maximum atomic E-state index is 5.59. The average molecular weight is 132 g/mol. The van der Waals surface area contributed by atoms with Gasteiger partial charge < -0.3 is 5.73 Å². The van der Waals surface area contributed by atoms with Gasteiger partial charge >= 0.3 is 0 Å². The number of rotatable bonds is 2. The fourth-order valence-corrected chi connectivity index (χ4v) is 0.770. The van der Waals surface area contributed by atoms with Gasteiger partial charge in [0.2, 0.25) is 0 Å². The largest absolute Gasteiger partial charge is 0.326 e. The van der Waals surface area contributed by atoms with Gasteiger partial charge in [-0.1, -0.05) is 36.9 Å². The average Bonchev–Trinajstić information content (AvgIpc) is 2.05. The van der Waals surface area contributed by atoms with Gasteiger partial charge in [-0.05, 0) is 11.1 Å². The minimum atomic E-state index is 0.421. The monoisotopic (exact) mass is 132 g/mol. The Hall–Kier alpha value is -1.08. The Kier molecular flexibility index (Phi) is 2.24. The molecular weight excluding hydrogens is 122 g/mol. The fourth-order valence-electron chi connectivity index (χ4n) is 0.770. The Morgan fingerprint density at radius 2 is 1.90 bits per heavy atom. The molecule has 0 heterocycles. The third-order valence-corrected chi connectivity index (χ3v) is 1.36. The predicted octanol–water partition coefficient (Wildman–Crippen LogP) is 1.46. The van der Waals surface area contributed by atoms with Crippen LogP contribution in [0, 0.1) is 6.58 Å². The summed E-state index contributed by atoms with van der Waals surface area (Å²) in [6.45, 7) is 6.01. The van der Waals surface area contributed by atoms with Crippen molar-refractivity contribution in [2.45, 2.75) is 0 Å². The molecule has 0 unspecified atom stereocenters. The Balaban J connectivity index is 2.85. The molecular formula is C9H10N. The smallest absolute Gasteiger partial charge is 0.0184 e. The van der Waals surface area contributed by atoms with Crippen molar-refractivity contribution in [1.29, 1.82) is 0 Å². The second-order valence-corrected chi connectivity index (χ2v) is 2.10. The van der Waals surface area contributed by atoms with Gasteiger partial charge in [0.1, 0.15) is 0 Å². The molecule has 0 aliphatic heterocycles. The molecule has 0 spiro atoms. The van der Waals surface area contributed by atoms with Gasteiger partial charge in [0.25, 0.3) is 0 Å². The van der Waals surface area contributed by atoms with E-state index in [-0.39, 0.29) is 0 Å². The van der Waals surface area contributed by atoms with Crippen molar-refractivity contribution in [2.75, 3.05) is 6.54 Å². The van der Waals surface area contributed by atoms with Crippen LogP contribution in [-0.4, -0.2) is 6.54 Å². The summed E-state index contributed by atoms with van der Waals surface area (Å²) in [4.78, 5) is 0. The molecule has 0 aliphatic rings. The lowest BCUT2D eigenvalue weighted by Crippen LogP contribution is -2.00. The van der Waals surface area contributed by atoms with Crippen LogP contribution in [-0.2, 0) is 0 Å². The van der Waals surface area contributed by atoms with Gasteiger partial charge in [0.05, 0.1) is 0 Å². The van der Waals surface area contributed by atoms with Crippen LogP contribution in [0.25, 0.3) is 5.57 Å². The number of hydrogen-bond donors (Lipinski definition) is 1. The molecule has 0 atom stereocenters. The van der Waals surface area contributed by atoms with Crippen molar-refractivity contribution in [3.05, 3.63) is 42.5 Å². The van der Waals surface area contributed by atoms with Crippen molar-refractivity contribution in [3.8, 4) is 0 Å². The van der Waals surface area contributed by atoms with Crippen LogP contribution in [0.1, 0.15) is 5.56 Å². The number of nitrogens with two attached hydrogens (primary N) is 1. The van der Waals surface area contributed by atoms with E-state index in [0.29, 0.717) is 6.54 Å². The second kappa shape index (κ2) is 3.18. The summed E-state index contributed by atoms with van der Waals surface area (Å²) in [6.07, 6.45) is 0. The molecule has 0 bridgehead atoms. The Labute approximate surface area is 61.2 Å². The van der Waals surface area contributed by atoms with Gasteiger partial charge in [-0.15, -0.1) is 0 Å². The van der Waals surface area contributed by atoms with Crippen molar-refractivity contribution in [3.63, 3.8) is 0 Å². The molecule has 0 saturated heterocycles. The first-order chi connectivity index (χ1) is 4.84. The van der Waals surface area contributed by atoms with E-state index in [0.717, 1.165) is 11.1 Å². The highest BCUT2D eigenvalue weighted by Crippen LogP contribution is 2.08. The SMILES string of the molecule is [CH]=C(CN)c1ccccc1. The topological polar surface area (TPSA) is 26.0 Å². The molecule has 1 aromatic rings. The summed E-state index contributed by atoms with van der Waals surface area (Å²) in [5.41, 5.74) is 7.10. The quantitative estimate of drug-likeness (QED) is 0.647. The van der Waals surface area contributed by atoms with Crippen molar-refractivity contribution in [2.24, 2.45) is 5.73 Å². The first-order valence-corrected chi connectivity index (χ1v) is 3.21. The van der Waals surface area contributed by atoms with E-state index in [2.05, 4.69) is 0 Å². The van der Waals surface area contributed by atoms with Crippen LogP contribution in [0.3, 0.4) is 0 Å². The highest BCUT2D eigenvalue weighted by Gasteiger charge is 1.91. The molecule has 0 aliphatic carbocycles. The van der Waals surface area contributed by atoms with Gasteiger partial charge in [0.15, 0.2) is 0 Å². The van der Waals surface area contributed by atoms with Crippen LogP contribution in [0.15, 0.2) is 30.3 Å². The summed E-state index contributed by atoms with van der Waals surface area (Å²) in [5.74, 6) is 0. The minimum Gasteiger partial charge on any atom is -0.326 e. The fraction of sp³-hybridized carbons (Fsp3) is 0.111. The lowest BCUT2D eigenvalue weighted by atomic mass is 10.1. The minimum absolute atomic E-state index is 0.421.